The summed E-state index contributed by atoms with van der Waals surface area (Å²) in [6.07, 6.45) is 1.68. The van der Waals surface area contributed by atoms with Crippen LogP contribution in [-0.2, 0) is 11.3 Å². The van der Waals surface area contributed by atoms with Crippen LogP contribution in [0.4, 0.5) is 4.79 Å². The molecule has 0 spiro atoms. The summed E-state index contributed by atoms with van der Waals surface area (Å²) in [4.78, 5) is 27.0. The van der Waals surface area contributed by atoms with Gasteiger partial charge in [-0.05, 0) is 52.4 Å². The van der Waals surface area contributed by atoms with Crippen molar-refractivity contribution in [2.24, 2.45) is 0 Å². The maximum atomic E-state index is 12.9. The molecule has 1 heterocycles. The van der Waals surface area contributed by atoms with Gasteiger partial charge in [0.05, 0.1) is 25.7 Å². The average Bonchev–Trinajstić information content (AvgIpc) is 3.01. The van der Waals surface area contributed by atoms with Gasteiger partial charge >= 0.3 is 0 Å². The summed E-state index contributed by atoms with van der Waals surface area (Å²) < 4.78 is 10.6. The predicted octanol–water partition coefficient (Wildman–Crippen LogP) is 5.09. The maximum absolute atomic E-state index is 12.9. The third-order valence-corrected chi connectivity index (χ3v) is 5.66. The third kappa shape index (κ3) is 3.84. The van der Waals surface area contributed by atoms with Gasteiger partial charge in [-0.3, -0.25) is 14.5 Å². The number of imide groups is 1. The van der Waals surface area contributed by atoms with Gasteiger partial charge in [0, 0.05) is 11.6 Å². The molecule has 0 unspecified atom stereocenters. The van der Waals surface area contributed by atoms with E-state index in [2.05, 4.69) is 0 Å². The zero-order valence-electron chi connectivity index (χ0n) is 16.0. The molecule has 0 bridgehead atoms. The molecule has 29 heavy (non-hydrogen) atoms. The number of thioether (sulfide) groups is 1. The van der Waals surface area contributed by atoms with Crippen molar-refractivity contribution in [1.29, 1.82) is 0 Å². The highest BCUT2D eigenvalue weighted by Gasteiger charge is 2.35. The summed E-state index contributed by atoms with van der Waals surface area (Å²) in [6.45, 7) is 0.243. The molecule has 2 amide bonds. The number of hydrogen-bond acceptors (Lipinski definition) is 5. The van der Waals surface area contributed by atoms with Gasteiger partial charge in [0.1, 0.15) is 11.5 Å². The number of fused-ring (bicyclic) bond motifs is 1. The summed E-state index contributed by atoms with van der Waals surface area (Å²) >= 11 is 0.940. The van der Waals surface area contributed by atoms with Crippen molar-refractivity contribution >= 4 is 39.8 Å². The van der Waals surface area contributed by atoms with Crippen LogP contribution in [-0.4, -0.2) is 30.3 Å². The number of amides is 2. The van der Waals surface area contributed by atoms with Crippen molar-refractivity contribution < 1.29 is 19.1 Å². The van der Waals surface area contributed by atoms with Crippen molar-refractivity contribution in [2.75, 3.05) is 14.2 Å². The molecule has 6 heteroatoms. The first kappa shape index (κ1) is 19.1. The fourth-order valence-electron chi connectivity index (χ4n) is 3.23. The number of hydrogen-bond donors (Lipinski definition) is 0. The number of rotatable bonds is 5. The number of benzene rings is 3. The summed E-state index contributed by atoms with van der Waals surface area (Å²) in [7, 11) is 3.13. The van der Waals surface area contributed by atoms with E-state index in [9.17, 15) is 9.59 Å². The molecule has 0 N–H and O–H groups in total. The lowest BCUT2D eigenvalue weighted by molar-refractivity contribution is -0.123. The largest absolute Gasteiger partial charge is 0.497 e. The summed E-state index contributed by atoms with van der Waals surface area (Å²) in [5.41, 5.74) is 1.62. The van der Waals surface area contributed by atoms with Crippen molar-refractivity contribution in [2.45, 2.75) is 6.54 Å². The normalized spacial score (nSPS) is 15.4. The van der Waals surface area contributed by atoms with E-state index in [4.69, 9.17) is 9.47 Å². The van der Waals surface area contributed by atoms with E-state index >= 15 is 0 Å². The topological polar surface area (TPSA) is 55.8 Å². The van der Waals surface area contributed by atoms with Crippen LogP contribution in [0.15, 0.2) is 65.6 Å². The first-order valence-electron chi connectivity index (χ1n) is 9.04. The molecule has 4 rings (SSSR count). The summed E-state index contributed by atoms with van der Waals surface area (Å²) in [5, 5.41) is 1.93. The molecule has 1 aliphatic heterocycles. The van der Waals surface area contributed by atoms with E-state index in [-0.39, 0.29) is 17.7 Å². The van der Waals surface area contributed by atoms with Crippen LogP contribution in [0.3, 0.4) is 0 Å². The Morgan fingerprint density at radius 2 is 1.72 bits per heavy atom. The van der Waals surface area contributed by atoms with Gasteiger partial charge in [-0.1, -0.05) is 36.4 Å². The lowest BCUT2D eigenvalue weighted by Crippen LogP contribution is -2.27. The van der Waals surface area contributed by atoms with Gasteiger partial charge in [0.2, 0.25) is 0 Å². The molecule has 3 aromatic rings. The second-order valence-corrected chi connectivity index (χ2v) is 7.55. The van der Waals surface area contributed by atoms with Crippen molar-refractivity contribution in [3.05, 3.63) is 76.7 Å². The number of carbonyl (C=O) groups excluding carboxylic acids is 2. The Bertz CT molecular complexity index is 1140. The highest BCUT2D eigenvalue weighted by atomic mass is 32.2. The van der Waals surface area contributed by atoms with Crippen LogP contribution >= 0.6 is 11.8 Å². The van der Waals surface area contributed by atoms with Crippen LogP contribution < -0.4 is 9.47 Å². The minimum atomic E-state index is -0.300. The number of carbonyl (C=O) groups is 2. The minimum Gasteiger partial charge on any atom is -0.497 e. The van der Waals surface area contributed by atoms with E-state index in [1.165, 1.54) is 4.90 Å². The van der Waals surface area contributed by atoms with Gasteiger partial charge in [-0.15, -0.1) is 0 Å². The molecule has 1 aliphatic rings. The zero-order chi connectivity index (χ0) is 20.4. The first-order valence-corrected chi connectivity index (χ1v) is 9.86. The standard InChI is InChI=1S/C23H19NO4S/c1-27-19-10-9-18(20(13-19)28-2)12-21-22(25)24(23(26)29-21)14-15-7-8-16-5-3-4-6-17(16)11-15/h3-13H,14H2,1-2H3/b21-12-. The SMILES string of the molecule is COc1ccc(/C=C2\SC(=O)N(Cc3ccc4ccccc4c3)C2=O)c(OC)c1. The highest BCUT2D eigenvalue weighted by Crippen LogP contribution is 2.36. The molecule has 0 aliphatic carbocycles. The van der Waals surface area contributed by atoms with Crippen LogP contribution in [0.25, 0.3) is 16.8 Å². The molecule has 5 nitrogen and oxygen atoms in total. The molecule has 3 aromatic carbocycles. The van der Waals surface area contributed by atoms with Gasteiger partial charge in [-0.2, -0.15) is 0 Å². The molecule has 0 saturated carbocycles. The molecule has 1 fully saturated rings. The third-order valence-electron chi connectivity index (χ3n) is 4.76. The number of methoxy groups -OCH3 is 2. The smallest absolute Gasteiger partial charge is 0.293 e. The summed E-state index contributed by atoms with van der Waals surface area (Å²) in [6, 6.07) is 19.3. The zero-order valence-corrected chi connectivity index (χ0v) is 16.9. The van der Waals surface area contributed by atoms with Crippen molar-refractivity contribution in [1.82, 2.24) is 4.90 Å². The second-order valence-electron chi connectivity index (χ2n) is 6.56. The minimum absolute atomic E-state index is 0.243. The van der Waals surface area contributed by atoms with Gasteiger partial charge in [0.15, 0.2) is 0 Å². The maximum Gasteiger partial charge on any atom is 0.293 e. The van der Waals surface area contributed by atoms with E-state index < -0.39 is 0 Å². The fraction of sp³-hybridized carbons (Fsp3) is 0.130. The monoisotopic (exact) mass is 405 g/mol. The first-order chi connectivity index (χ1) is 14.1. The van der Waals surface area contributed by atoms with Crippen molar-refractivity contribution in [3.8, 4) is 11.5 Å². The van der Waals surface area contributed by atoms with Gasteiger partial charge < -0.3 is 9.47 Å². The van der Waals surface area contributed by atoms with E-state index in [0.717, 1.165) is 28.1 Å². The lowest BCUT2D eigenvalue weighted by Gasteiger charge is -2.13. The molecule has 1 saturated heterocycles. The Morgan fingerprint density at radius 3 is 2.48 bits per heavy atom. The Kier molecular flexibility index (Phi) is 5.27. The fourth-order valence-corrected chi connectivity index (χ4v) is 4.06. The Balaban J connectivity index is 1.59. The Morgan fingerprint density at radius 1 is 0.931 bits per heavy atom. The average molecular weight is 405 g/mol. The van der Waals surface area contributed by atoms with Gasteiger partial charge in [0.25, 0.3) is 11.1 Å². The van der Waals surface area contributed by atoms with Crippen LogP contribution in [0.5, 0.6) is 11.5 Å². The molecule has 146 valence electrons. The van der Waals surface area contributed by atoms with Crippen molar-refractivity contribution in [3.63, 3.8) is 0 Å². The molecule has 0 aromatic heterocycles. The van der Waals surface area contributed by atoms with E-state index in [1.807, 2.05) is 42.5 Å². The Hall–Kier alpha value is -3.25. The van der Waals surface area contributed by atoms with Crippen LogP contribution in [0.1, 0.15) is 11.1 Å². The number of nitrogens with zero attached hydrogens (tertiary/aromatic N) is 1. The number of ether oxygens (including phenoxy) is 2. The summed E-state index contributed by atoms with van der Waals surface area (Å²) in [5.74, 6) is 0.931. The van der Waals surface area contributed by atoms with Gasteiger partial charge in [-0.25, -0.2) is 0 Å². The second kappa shape index (κ2) is 8.01. The molecule has 0 atom stereocenters. The van der Waals surface area contributed by atoms with Crippen LogP contribution in [0, 0.1) is 0 Å². The quantitative estimate of drug-likeness (QED) is 0.553. The molecule has 0 radical (unpaired) electrons. The molecular weight excluding hydrogens is 386 g/mol. The Labute approximate surface area is 172 Å². The predicted molar refractivity (Wildman–Crippen MR) is 115 cm³/mol. The molecular formula is C23H19NO4S. The lowest BCUT2D eigenvalue weighted by atomic mass is 10.1. The van der Waals surface area contributed by atoms with E-state index in [0.29, 0.717) is 22.0 Å². The van der Waals surface area contributed by atoms with Crippen LogP contribution in [0.2, 0.25) is 0 Å². The highest BCUT2D eigenvalue weighted by molar-refractivity contribution is 8.18. The van der Waals surface area contributed by atoms with E-state index in [1.54, 1.807) is 38.5 Å².